The Kier molecular flexibility index (Phi) is 55.9. The van der Waals surface area contributed by atoms with E-state index in [1.165, 1.54) is 147 Å². The van der Waals surface area contributed by atoms with E-state index in [0.717, 1.165) is 87.8 Å². The van der Waals surface area contributed by atoms with Gasteiger partial charge in [0.2, 0.25) is 0 Å². The molecule has 4 saturated carbocycles. The maximum atomic E-state index is 5.32. The third-order valence-corrected chi connectivity index (χ3v) is 24.3. The molecule has 7 aromatic rings. The summed E-state index contributed by atoms with van der Waals surface area (Å²) in [5.74, 6) is 0.290. The summed E-state index contributed by atoms with van der Waals surface area (Å²) < 4.78 is 0. The minimum absolute atomic E-state index is 0. The maximum absolute atomic E-state index is 5.32. The summed E-state index contributed by atoms with van der Waals surface area (Å²) in [6, 6.07) is 69.1. The second kappa shape index (κ2) is 59.6. The van der Waals surface area contributed by atoms with Gasteiger partial charge in [-0.25, -0.2) is 5.91 Å². The van der Waals surface area contributed by atoms with Gasteiger partial charge in [-0.3, -0.25) is 4.99 Å². The van der Waals surface area contributed by atoms with Gasteiger partial charge in [0, 0.05) is 38.3 Å². The Labute approximate surface area is 675 Å². The molecule has 4 fully saturated rings. The average molecular weight is 1580 g/mol. The van der Waals surface area contributed by atoms with E-state index in [9.17, 15) is 0 Å². The number of aliphatic imine (C=N–C) groups is 1. The Morgan fingerprint density at radius 1 is 0.398 bits per heavy atom. The van der Waals surface area contributed by atoms with Gasteiger partial charge in [-0.05, 0) is 150 Å². The fourth-order valence-corrected chi connectivity index (χ4v) is 20.3. The Hall–Kier alpha value is -4.43. The van der Waals surface area contributed by atoms with Crippen LogP contribution < -0.4 is 5.32 Å². The van der Waals surface area contributed by atoms with E-state index in [-0.39, 0.29) is 79.3 Å². The quantitative estimate of drug-likeness (QED) is 0.0345. The average Bonchev–Trinajstić information content (AvgIpc) is 0.824. The van der Waals surface area contributed by atoms with Crippen LogP contribution >= 0.6 is 15.8 Å². The predicted octanol–water partition coefficient (Wildman–Crippen LogP) is 25.8. The summed E-state index contributed by atoms with van der Waals surface area (Å²) in [5, 5.41) is 14.5. The third kappa shape index (κ3) is 51.5. The summed E-state index contributed by atoms with van der Waals surface area (Å²) in [6.07, 6.45) is 31.3. The number of benzene rings is 7. The first-order valence-corrected chi connectivity index (χ1v) is 41.2. The van der Waals surface area contributed by atoms with Crippen LogP contribution in [0.1, 0.15) is 222 Å². The summed E-state index contributed by atoms with van der Waals surface area (Å²) in [5.41, 5.74) is 12.8. The van der Waals surface area contributed by atoms with Crippen molar-refractivity contribution in [2.45, 2.75) is 222 Å². The zero-order valence-electron chi connectivity index (χ0n) is 66.1. The molecule has 6 nitrogen and oxygen atoms in total. The van der Waals surface area contributed by atoms with E-state index in [0.29, 0.717) is 5.91 Å². The summed E-state index contributed by atoms with van der Waals surface area (Å²) in [4.78, 5) is 9.79. The first-order chi connectivity index (χ1) is 48.5. The molecular formula is C93H137N6P2Zr2-5. The Bertz CT molecular complexity index is 2590. The van der Waals surface area contributed by atoms with Crippen LogP contribution in [0.4, 0.5) is 0 Å². The van der Waals surface area contributed by atoms with Crippen LogP contribution in [0.15, 0.2) is 217 Å². The van der Waals surface area contributed by atoms with Gasteiger partial charge in [-0.15, -0.1) is 105 Å². The van der Waals surface area contributed by atoms with Crippen LogP contribution in [-0.2, 0) is 52.4 Å². The van der Waals surface area contributed by atoms with E-state index >= 15 is 0 Å². The van der Waals surface area contributed by atoms with Crippen molar-refractivity contribution < 1.29 is 52.4 Å². The van der Waals surface area contributed by atoms with Gasteiger partial charge >= 0.3 is 26.2 Å². The largest absolute Gasteiger partial charge is 4.00 e. The molecular weight excluding hydrogens is 1450 g/mol. The minimum atomic E-state index is -0.131. The Balaban J connectivity index is 0.000000624. The van der Waals surface area contributed by atoms with Gasteiger partial charge in [0.25, 0.3) is 0 Å². The van der Waals surface area contributed by atoms with Crippen molar-refractivity contribution in [3.8, 4) is 0 Å². The van der Waals surface area contributed by atoms with E-state index in [1.807, 2.05) is 212 Å². The van der Waals surface area contributed by atoms with Gasteiger partial charge in [-0.2, -0.15) is 172 Å². The molecule has 0 spiro atoms. The normalized spacial score (nSPS) is 15.1. The molecule has 7 aromatic carbocycles. The van der Waals surface area contributed by atoms with Crippen molar-refractivity contribution in [2.75, 3.05) is 54.4 Å². The summed E-state index contributed by atoms with van der Waals surface area (Å²) in [6.45, 7) is 44.0. The molecule has 4 aliphatic rings. The third-order valence-electron chi connectivity index (χ3n) is 17.4. The Morgan fingerprint density at radius 2 is 0.641 bits per heavy atom. The second-order valence-electron chi connectivity index (χ2n) is 29.9. The molecule has 1 atom stereocenters. The van der Waals surface area contributed by atoms with Crippen LogP contribution in [0.2, 0.25) is 0 Å². The van der Waals surface area contributed by atoms with Crippen molar-refractivity contribution in [3.05, 3.63) is 310 Å². The van der Waals surface area contributed by atoms with Crippen LogP contribution in [0.5, 0.6) is 0 Å². The van der Waals surface area contributed by atoms with Crippen molar-refractivity contribution in [3.63, 3.8) is 0 Å². The predicted molar refractivity (Wildman–Crippen MR) is 454 cm³/mol. The molecule has 0 heterocycles. The van der Waals surface area contributed by atoms with E-state index in [1.54, 1.807) is 0 Å². The summed E-state index contributed by atoms with van der Waals surface area (Å²) >= 11 is 0. The SMILES string of the molecule is CN(C)CCCN=C(NC(C)(C)C)P(C1CCCCC1)C1CCCCC1.CN(C)CCC[N-]C([N-]C(C)(C)C)P(C1CCCCC1)C1CCCCC1.[CH2-]c1ccccc1.[CH2-]c1ccccc1.[CH2-]c1ccccc1.[CH2-]c1ccccc1.[CH2-]c1ccccc1.[CH2-]c1ccccc1.[CH2-]c1ccccc1.[Zr+4].[Zr]. The van der Waals surface area contributed by atoms with E-state index in [2.05, 4.69) is 133 Å². The second-order valence-corrected chi connectivity index (χ2v) is 35.4. The van der Waals surface area contributed by atoms with Crippen molar-refractivity contribution >= 4 is 21.4 Å². The van der Waals surface area contributed by atoms with Crippen molar-refractivity contribution in [1.82, 2.24) is 15.1 Å². The van der Waals surface area contributed by atoms with Gasteiger partial charge in [0.1, 0.15) is 5.58 Å². The number of nitrogens with zero attached hydrogens (tertiary/aromatic N) is 5. The maximum Gasteiger partial charge on any atom is 4.00 e. The van der Waals surface area contributed by atoms with Crippen molar-refractivity contribution in [2.24, 2.45) is 4.99 Å². The van der Waals surface area contributed by atoms with Crippen LogP contribution in [0.3, 0.4) is 0 Å². The van der Waals surface area contributed by atoms with Crippen LogP contribution in [0.25, 0.3) is 10.6 Å². The number of hydrogen-bond donors (Lipinski definition) is 1. The number of rotatable bonds is 16. The van der Waals surface area contributed by atoms with Crippen LogP contribution in [-0.4, -0.2) is 109 Å². The first kappa shape index (κ1) is 96.6. The molecule has 1 N–H and O–H groups in total. The molecule has 11 rings (SSSR count). The summed E-state index contributed by atoms with van der Waals surface area (Å²) in [7, 11) is 8.41. The molecule has 0 bridgehead atoms. The molecule has 0 amide bonds. The van der Waals surface area contributed by atoms with Gasteiger partial charge in [0.15, 0.2) is 0 Å². The van der Waals surface area contributed by atoms with Gasteiger partial charge in [0.05, 0.1) is 0 Å². The number of nitrogens with one attached hydrogen (secondary N) is 1. The molecule has 103 heavy (non-hydrogen) atoms. The first-order valence-electron chi connectivity index (χ1n) is 38.1. The van der Waals surface area contributed by atoms with Gasteiger partial charge < -0.3 is 25.8 Å². The van der Waals surface area contributed by atoms with E-state index < -0.39 is 0 Å². The standard InChI is InChI=1S/2C22H44N3P.7C7H7.2Zr/c2*1-22(2,3)24-21(23-17-12-18-25(4)5)26(19-13-8-6-9-14-19)20-15-10-7-11-16-20;7*1-7-5-3-2-4-6-7;;/h19-20H,6-18H2,1-5H3,(H,23,24);19-21H,6-18H2,1-5H3;7*2-6H,1H2;;/q;-2;7*-1;;+4. The zero-order chi connectivity index (χ0) is 73.8. The molecule has 562 valence electrons. The van der Waals surface area contributed by atoms with Crippen molar-refractivity contribution in [1.29, 1.82) is 0 Å². The zero-order valence-corrected chi connectivity index (χ0v) is 72.8. The number of amidine groups is 1. The van der Waals surface area contributed by atoms with Gasteiger partial charge in [-0.1, -0.05) is 147 Å². The van der Waals surface area contributed by atoms with Crippen LogP contribution in [0, 0.1) is 48.5 Å². The number of hydrogen-bond acceptors (Lipinski definition) is 3. The fourth-order valence-electron chi connectivity index (χ4n) is 12.4. The minimum Gasteiger partial charge on any atom is -0.674 e. The smallest absolute Gasteiger partial charge is 0.674 e. The molecule has 10 heteroatoms. The molecule has 0 aromatic heterocycles. The molecule has 0 saturated heterocycles. The molecule has 4 aliphatic carbocycles. The monoisotopic (exact) mass is 1580 g/mol. The van der Waals surface area contributed by atoms with E-state index in [4.69, 9.17) is 15.6 Å². The molecule has 0 aliphatic heterocycles. The topological polar surface area (TPSA) is 59.1 Å². The molecule has 1 unspecified atom stereocenters. The Morgan fingerprint density at radius 3 is 0.854 bits per heavy atom. The molecule has 0 radical (unpaired) electrons. The fraction of sp³-hybridized carbons (Fsp3) is 0.462.